The Morgan fingerprint density at radius 3 is 0.588 bits per heavy atom. The summed E-state index contributed by atoms with van der Waals surface area (Å²) in [6.45, 7) is 11.7. The molecular formula is C12H28NO4+. The number of hydrogen-bond donors (Lipinski definition) is 4. The fourth-order valence-corrected chi connectivity index (χ4v) is 4.02. The van der Waals surface area contributed by atoms with E-state index in [1.807, 2.05) is 0 Å². The van der Waals surface area contributed by atoms with Crippen LogP contribution in [0.3, 0.4) is 0 Å². The number of nitrogens with zero attached hydrogens (tertiary/aromatic N) is 1. The maximum Gasteiger partial charge on any atom is 0.201 e. The van der Waals surface area contributed by atoms with Crippen LogP contribution in [0.15, 0.2) is 0 Å². The molecule has 0 aromatic carbocycles. The van der Waals surface area contributed by atoms with E-state index in [4.69, 9.17) is 0 Å². The van der Waals surface area contributed by atoms with E-state index in [-0.39, 0.29) is 0 Å². The molecule has 104 valence electrons. The van der Waals surface area contributed by atoms with Gasteiger partial charge in [0.2, 0.25) is 22.9 Å². The number of aliphatic hydroxyl groups is 4. The van der Waals surface area contributed by atoms with Gasteiger partial charge in [0.25, 0.3) is 0 Å². The van der Waals surface area contributed by atoms with Gasteiger partial charge in [-0.1, -0.05) is 0 Å². The van der Waals surface area contributed by atoms with Crippen molar-refractivity contribution >= 4 is 0 Å². The summed E-state index contributed by atoms with van der Waals surface area (Å²) in [5, 5.41) is 41.7. The molecule has 0 saturated carbocycles. The molecule has 0 fully saturated rings. The zero-order valence-electron chi connectivity index (χ0n) is 12.2. The number of quaternary nitrogens is 1. The fraction of sp³-hybridized carbons (Fsp3) is 1.00. The molecule has 0 aromatic heterocycles. The first-order valence-electron chi connectivity index (χ1n) is 5.79. The fourth-order valence-electron chi connectivity index (χ4n) is 4.02. The van der Waals surface area contributed by atoms with Crippen LogP contribution in [-0.2, 0) is 0 Å². The molecule has 0 aromatic rings. The van der Waals surface area contributed by atoms with Gasteiger partial charge in [0.1, 0.15) is 0 Å². The van der Waals surface area contributed by atoms with Gasteiger partial charge in [0.15, 0.2) is 0 Å². The van der Waals surface area contributed by atoms with Crippen molar-refractivity contribution in [3.63, 3.8) is 0 Å². The number of hydrogen-bond acceptors (Lipinski definition) is 4. The van der Waals surface area contributed by atoms with Crippen LogP contribution < -0.4 is 0 Å². The van der Waals surface area contributed by atoms with Crippen molar-refractivity contribution in [2.45, 2.75) is 78.3 Å². The minimum Gasteiger partial charge on any atom is -0.343 e. The highest BCUT2D eigenvalue weighted by Crippen LogP contribution is 2.47. The van der Waals surface area contributed by atoms with E-state index in [9.17, 15) is 20.4 Å². The lowest BCUT2D eigenvalue weighted by Gasteiger charge is -2.64. The zero-order valence-corrected chi connectivity index (χ0v) is 12.2. The highest BCUT2D eigenvalue weighted by molar-refractivity contribution is 4.77. The minimum absolute atomic E-state index is 0.694. The summed E-state index contributed by atoms with van der Waals surface area (Å²) in [7, 11) is 0. The van der Waals surface area contributed by atoms with Crippen LogP contribution in [0.1, 0.15) is 55.4 Å². The molecule has 0 aliphatic carbocycles. The molecule has 0 radical (unpaired) electrons. The zero-order chi connectivity index (χ0) is 14.5. The Morgan fingerprint density at radius 1 is 0.471 bits per heavy atom. The number of rotatable bonds is 4. The minimum atomic E-state index is -1.55. The Kier molecular flexibility index (Phi) is 3.85. The lowest BCUT2D eigenvalue weighted by atomic mass is 9.92. The predicted octanol–water partition coefficient (Wildman–Crippen LogP) is 0.717. The van der Waals surface area contributed by atoms with Crippen LogP contribution >= 0.6 is 0 Å². The van der Waals surface area contributed by atoms with E-state index in [1.54, 1.807) is 0 Å². The highest BCUT2D eigenvalue weighted by atomic mass is 16.4. The van der Waals surface area contributed by atoms with Crippen LogP contribution in [0.4, 0.5) is 0 Å². The predicted molar refractivity (Wildman–Crippen MR) is 65.5 cm³/mol. The SMILES string of the molecule is CC(C)(O)[N+](C(C)(C)O)(C(C)(C)O)C(C)(C)O. The first kappa shape index (κ1) is 16.8. The highest BCUT2D eigenvalue weighted by Gasteiger charge is 2.68. The van der Waals surface area contributed by atoms with E-state index >= 15 is 0 Å². The third-order valence-electron chi connectivity index (χ3n) is 3.28. The van der Waals surface area contributed by atoms with Crippen LogP contribution in [0.25, 0.3) is 0 Å². The third kappa shape index (κ3) is 2.35. The van der Waals surface area contributed by atoms with Gasteiger partial charge in [-0.05, 0) is 0 Å². The van der Waals surface area contributed by atoms with E-state index in [1.165, 1.54) is 55.4 Å². The molecule has 0 heterocycles. The Bertz CT molecular complexity index is 211. The summed E-state index contributed by atoms with van der Waals surface area (Å²) in [5.41, 5.74) is -6.19. The van der Waals surface area contributed by atoms with E-state index in [2.05, 4.69) is 0 Å². The Balaban J connectivity index is 6.37. The van der Waals surface area contributed by atoms with Gasteiger partial charge >= 0.3 is 0 Å². The molecule has 0 amide bonds. The normalized spacial score (nSPS) is 16.2. The molecule has 5 heteroatoms. The van der Waals surface area contributed by atoms with Crippen molar-refractivity contribution in [2.75, 3.05) is 0 Å². The summed E-state index contributed by atoms with van der Waals surface area (Å²) in [5.74, 6) is 0. The molecule has 17 heavy (non-hydrogen) atoms. The van der Waals surface area contributed by atoms with Crippen molar-refractivity contribution in [1.82, 2.24) is 0 Å². The van der Waals surface area contributed by atoms with Gasteiger partial charge < -0.3 is 20.4 Å². The first-order chi connectivity index (χ1) is 7.00. The quantitative estimate of drug-likeness (QED) is 0.438. The Morgan fingerprint density at radius 2 is 0.588 bits per heavy atom. The molecule has 0 saturated heterocycles. The van der Waals surface area contributed by atoms with Crippen LogP contribution in [0, 0.1) is 0 Å². The monoisotopic (exact) mass is 250 g/mol. The third-order valence-corrected chi connectivity index (χ3v) is 3.28. The molecule has 0 aliphatic rings. The second-order valence-corrected chi connectivity index (χ2v) is 6.65. The molecule has 0 atom stereocenters. The van der Waals surface area contributed by atoms with Crippen LogP contribution in [0.2, 0.25) is 0 Å². The van der Waals surface area contributed by atoms with E-state index in [0.717, 1.165) is 0 Å². The summed E-state index contributed by atoms with van der Waals surface area (Å²) in [4.78, 5) is 0. The average Bonchev–Trinajstić information content (AvgIpc) is 1.67. The van der Waals surface area contributed by atoms with Gasteiger partial charge in [-0.25, -0.2) is 4.48 Å². The standard InChI is InChI=1S/C12H28NO4/c1-9(2,14)13(10(3,4)15,11(5,6)16)12(7,8)17/h14-17H,1-8H3/q+1. The maximum absolute atomic E-state index is 10.4. The van der Waals surface area contributed by atoms with Crippen molar-refractivity contribution in [2.24, 2.45) is 0 Å². The molecule has 0 spiro atoms. The summed E-state index contributed by atoms with van der Waals surface area (Å²) in [6.07, 6.45) is 0. The molecule has 0 unspecified atom stereocenters. The smallest absolute Gasteiger partial charge is 0.201 e. The van der Waals surface area contributed by atoms with E-state index in [0.29, 0.717) is 0 Å². The van der Waals surface area contributed by atoms with Crippen molar-refractivity contribution in [1.29, 1.82) is 0 Å². The Hall–Kier alpha value is -0.200. The second kappa shape index (κ2) is 3.90. The van der Waals surface area contributed by atoms with Gasteiger partial charge in [0.05, 0.1) is 0 Å². The van der Waals surface area contributed by atoms with E-state index < -0.39 is 27.4 Å². The van der Waals surface area contributed by atoms with Crippen LogP contribution in [0.5, 0.6) is 0 Å². The lowest BCUT2D eigenvalue weighted by Crippen LogP contribution is -2.85. The molecule has 4 N–H and O–H groups in total. The topological polar surface area (TPSA) is 80.9 Å². The molecule has 0 aliphatic heterocycles. The summed E-state index contributed by atoms with van der Waals surface area (Å²) in [6, 6.07) is 0. The molecular weight excluding hydrogens is 222 g/mol. The van der Waals surface area contributed by atoms with Gasteiger partial charge in [0, 0.05) is 55.4 Å². The molecule has 5 nitrogen and oxygen atoms in total. The van der Waals surface area contributed by atoms with Crippen LogP contribution in [-0.4, -0.2) is 47.8 Å². The van der Waals surface area contributed by atoms with Gasteiger partial charge in [-0.3, -0.25) is 0 Å². The summed E-state index contributed by atoms with van der Waals surface area (Å²) >= 11 is 0. The summed E-state index contributed by atoms with van der Waals surface area (Å²) < 4.78 is -0.694. The first-order valence-corrected chi connectivity index (χ1v) is 5.79. The largest absolute Gasteiger partial charge is 0.343 e. The maximum atomic E-state index is 10.4. The van der Waals surface area contributed by atoms with Crippen molar-refractivity contribution in [3.8, 4) is 0 Å². The van der Waals surface area contributed by atoms with Crippen molar-refractivity contribution in [3.05, 3.63) is 0 Å². The van der Waals surface area contributed by atoms with Gasteiger partial charge in [-0.2, -0.15) is 0 Å². The lowest BCUT2D eigenvalue weighted by molar-refractivity contribution is -1.15. The second-order valence-electron chi connectivity index (χ2n) is 6.65. The molecule has 0 bridgehead atoms. The Labute approximate surface area is 104 Å². The van der Waals surface area contributed by atoms with Crippen molar-refractivity contribution < 1.29 is 24.9 Å². The van der Waals surface area contributed by atoms with Gasteiger partial charge in [-0.15, -0.1) is 0 Å². The molecule has 0 rings (SSSR count). The average molecular weight is 250 g/mol.